The van der Waals surface area contributed by atoms with E-state index in [0.29, 0.717) is 17.9 Å². The maximum atomic E-state index is 5.69. The van der Waals surface area contributed by atoms with Crippen molar-refractivity contribution >= 4 is 27.5 Å². The highest BCUT2D eigenvalue weighted by atomic mass is 79.9. The molecule has 0 atom stereocenters. The standard InChI is InChI=1S/C10H11BrClNO/c11-9-4-7(5-12)6-13-10(9)14-8-2-1-3-8/h4,6,8H,1-3,5H2. The monoisotopic (exact) mass is 275 g/mol. The molecule has 0 N–H and O–H groups in total. The normalized spacial score (nSPS) is 16.4. The SMILES string of the molecule is ClCc1cnc(OC2CCC2)c(Br)c1. The number of ether oxygens (including phenoxy) is 1. The van der Waals surface area contributed by atoms with Crippen molar-refractivity contribution in [2.45, 2.75) is 31.2 Å². The molecule has 1 heterocycles. The van der Waals surface area contributed by atoms with E-state index in [0.717, 1.165) is 22.9 Å². The molecule has 0 spiro atoms. The van der Waals surface area contributed by atoms with Crippen LogP contribution in [-0.4, -0.2) is 11.1 Å². The van der Waals surface area contributed by atoms with Crippen LogP contribution in [0.1, 0.15) is 24.8 Å². The van der Waals surface area contributed by atoms with Crippen molar-refractivity contribution < 1.29 is 4.74 Å². The molecule has 1 aliphatic carbocycles. The van der Waals surface area contributed by atoms with Gasteiger partial charge in [0, 0.05) is 12.1 Å². The van der Waals surface area contributed by atoms with E-state index in [-0.39, 0.29) is 0 Å². The molecule has 4 heteroatoms. The predicted octanol–water partition coefficient (Wildman–Crippen LogP) is 3.51. The van der Waals surface area contributed by atoms with Crippen LogP contribution in [0.5, 0.6) is 5.88 Å². The van der Waals surface area contributed by atoms with Crippen molar-refractivity contribution in [3.63, 3.8) is 0 Å². The first-order chi connectivity index (χ1) is 6.79. The fourth-order valence-electron chi connectivity index (χ4n) is 1.27. The van der Waals surface area contributed by atoms with Gasteiger partial charge in [-0.05, 0) is 46.8 Å². The van der Waals surface area contributed by atoms with Crippen LogP contribution in [0.25, 0.3) is 0 Å². The molecule has 0 aromatic carbocycles. The van der Waals surface area contributed by atoms with Crippen LogP contribution in [0.2, 0.25) is 0 Å². The second-order valence-corrected chi connectivity index (χ2v) is 4.56. The Morgan fingerprint density at radius 3 is 2.86 bits per heavy atom. The van der Waals surface area contributed by atoms with Crippen LogP contribution in [0, 0.1) is 0 Å². The molecule has 1 aliphatic rings. The average molecular weight is 277 g/mol. The second kappa shape index (κ2) is 4.49. The third-order valence-corrected chi connectivity index (χ3v) is 3.23. The molecule has 76 valence electrons. The zero-order valence-corrected chi connectivity index (χ0v) is 10.0. The molecule has 14 heavy (non-hydrogen) atoms. The molecule has 0 aliphatic heterocycles. The third-order valence-electron chi connectivity index (χ3n) is 2.35. The lowest BCUT2D eigenvalue weighted by Crippen LogP contribution is -2.25. The van der Waals surface area contributed by atoms with Gasteiger partial charge >= 0.3 is 0 Å². The summed E-state index contributed by atoms with van der Waals surface area (Å²) in [7, 11) is 0. The summed E-state index contributed by atoms with van der Waals surface area (Å²) in [5.41, 5.74) is 1.000. The smallest absolute Gasteiger partial charge is 0.228 e. The summed E-state index contributed by atoms with van der Waals surface area (Å²) >= 11 is 9.12. The molecule has 2 rings (SSSR count). The molecular weight excluding hydrogens is 265 g/mol. The molecule has 1 saturated carbocycles. The molecule has 2 nitrogen and oxygen atoms in total. The Morgan fingerprint density at radius 1 is 1.57 bits per heavy atom. The number of hydrogen-bond acceptors (Lipinski definition) is 2. The number of aromatic nitrogens is 1. The van der Waals surface area contributed by atoms with E-state index in [9.17, 15) is 0 Å². The molecule has 0 radical (unpaired) electrons. The van der Waals surface area contributed by atoms with Crippen LogP contribution in [0.15, 0.2) is 16.7 Å². The van der Waals surface area contributed by atoms with Gasteiger partial charge in [-0.25, -0.2) is 4.98 Å². The lowest BCUT2D eigenvalue weighted by molar-refractivity contribution is 0.113. The van der Waals surface area contributed by atoms with Crippen LogP contribution in [0.4, 0.5) is 0 Å². The zero-order chi connectivity index (χ0) is 9.97. The minimum Gasteiger partial charge on any atom is -0.474 e. The van der Waals surface area contributed by atoms with Gasteiger partial charge in [-0.2, -0.15) is 0 Å². The first-order valence-electron chi connectivity index (χ1n) is 4.66. The Kier molecular flexibility index (Phi) is 3.29. The Labute approximate surface area is 96.8 Å². The predicted molar refractivity (Wildman–Crippen MR) is 59.8 cm³/mol. The molecule has 0 amide bonds. The summed E-state index contributed by atoms with van der Waals surface area (Å²) in [6.45, 7) is 0. The Morgan fingerprint density at radius 2 is 2.36 bits per heavy atom. The van der Waals surface area contributed by atoms with Gasteiger partial charge in [-0.15, -0.1) is 11.6 Å². The average Bonchev–Trinajstić information content (AvgIpc) is 2.13. The summed E-state index contributed by atoms with van der Waals surface area (Å²) in [6.07, 6.45) is 5.67. The van der Waals surface area contributed by atoms with Crippen LogP contribution < -0.4 is 4.74 Å². The van der Waals surface area contributed by atoms with Gasteiger partial charge in [0.1, 0.15) is 6.10 Å². The lowest BCUT2D eigenvalue weighted by atomic mass is 9.96. The molecule has 0 unspecified atom stereocenters. The van der Waals surface area contributed by atoms with Gasteiger partial charge in [0.25, 0.3) is 0 Å². The summed E-state index contributed by atoms with van der Waals surface area (Å²) < 4.78 is 6.57. The Bertz CT molecular complexity index is 328. The van der Waals surface area contributed by atoms with Crippen molar-refractivity contribution in [1.29, 1.82) is 0 Å². The van der Waals surface area contributed by atoms with Crippen molar-refractivity contribution in [3.05, 3.63) is 22.3 Å². The number of halogens is 2. The quantitative estimate of drug-likeness (QED) is 0.788. The van der Waals surface area contributed by atoms with E-state index in [2.05, 4.69) is 20.9 Å². The number of pyridine rings is 1. The van der Waals surface area contributed by atoms with Gasteiger partial charge in [0.15, 0.2) is 0 Å². The van der Waals surface area contributed by atoms with E-state index in [4.69, 9.17) is 16.3 Å². The highest BCUT2D eigenvalue weighted by Gasteiger charge is 2.20. The maximum absolute atomic E-state index is 5.69. The Balaban J connectivity index is 2.09. The minimum atomic E-state index is 0.362. The van der Waals surface area contributed by atoms with E-state index < -0.39 is 0 Å². The van der Waals surface area contributed by atoms with E-state index in [1.807, 2.05) is 6.07 Å². The summed E-state index contributed by atoms with van der Waals surface area (Å²) in [6, 6.07) is 1.95. The fourth-order valence-corrected chi connectivity index (χ4v) is 1.91. The molecule has 1 aromatic rings. The number of alkyl halides is 1. The molecular formula is C10H11BrClNO. The topological polar surface area (TPSA) is 22.1 Å². The van der Waals surface area contributed by atoms with Gasteiger partial charge in [0.2, 0.25) is 5.88 Å². The van der Waals surface area contributed by atoms with E-state index >= 15 is 0 Å². The summed E-state index contributed by atoms with van der Waals surface area (Å²) in [4.78, 5) is 4.22. The lowest BCUT2D eigenvalue weighted by Gasteiger charge is -2.26. The van der Waals surface area contributed by atoms with Crippen molar-refractivity contribution in [1.82, 2.24) is 4.98 Å². The molecule has 0 bridgehead atoms. The van der Waals surface area contributed by atoms with Crippen molar-refractivity contribution in [3.8, 4) is 5.88 Å². The molecule has 0 saturated heterocycles. The number of hydrogen-bond donors (Lipinski definition) is 0. The van der Waals surface area contributed by atoms with E-state index in [1.165, 1.54) is 6.42 Å². The maximum Gasteiger partial charge on any atom is 0.228 e. The van der Waals surface area contributed by atoms with Crippen LogP contribution in [0.3, 0.4) is 0 Å². The number of nitrogens with zero attached hydrogens (tertiary/aromatic N) is 1. The third kappa shape index (κ3) is 2.20. The fraction of sp³-hybridized carbons (Fsp3) is 0.500. The van der Waals surface area contributed by atoms with E-state index in [1.54, 1.807) is 6.20 Å². The Hall–Kier alpha value is -0.280. The largest absolute Gasteiger partial charge is 0.474 e. The first kappa shape index (κ1) is 10.2. The highest BCUT2D eigenvalue weighted by molar-refractivity contribution is 9.10. The minimum absolute atomic E-state index is 0.362. The van der Waals surface area contributed by atoms with Gasteiger partial charge in [-0.1, -0.05) is 0 Å². The van der Waals surface area contributed by atoms with Crippen LogP contribution >= 0.6 is 27.5 Å². The molecule has 1 aromatic heterocycles. The van der Waals surface area contributed by atoms with Gasteiger partial charge in [0.05, 0.1) is 4.47 Å². The summed E-state index contributed by atoms with van der Waals surface area (Å²) in [5.74, 6) is 1.17. The second-order valence-electron chi connectivity index (χ2n) is 3.43. The number of rotatable bonds is 3. The van der Waals surface area contributed by atoms with Crippen LogP contribution in [-0.2, 0) is 5.88 Å². The van der Waals surface area contributed by atoms with Crippen molar-refractivity contribution in [2.75, 3.05) is 0 Å². The van der Waals surface area contributed by atoms with Gasteiger partial charge in [-0.3, -0.25) is 0 Å². The van der Waals surface area contributed by atoms with Gasteiger partial charge < -0.3 is 4.74 Å². The first-order valence-corrected chi connectivity index (χ1v) is 5.99. The zero-order valence-electron chi connectivity index (χ0n) is 7.67. The van der Waals surface area contributed by atoms with Crippen molar-refractivity contribution in [2.24, 2.45) is 0 Å². The summed E-state index contributed by atoms with van der Waals surface area (Å²) in [5, 5.41) is 0. The highest BCUT2D eigenvalue weighted by Crippen LogP contribution is 2.29. The molecule has 1 fully saturated rings.